The van der Waals surface area contributed by atoms with Crippen LogP contribution >= 0.6 is 0 Å². The summed E-state index contributed by atoms with van der Waals surface area (Å²) in [6.45, 7) is 6.38. The van der Waals surface area contributed by atoms with Crippen molar-refractivity contribution in [2.75, 3.05) is 7.11 Å². The van der Waals surface area contributed by atoms with Crippen molar-refractivity contribution in [2.45, 2.75) is 39.4 Å². The van der Waals surface area contributed by atoms with E-state index in [1.807, 2.05) is 19.1 Å². The highest BCUT2D eigenvalue weighted by molar-refractivity contribution is 5.91. The van der Waals surface area contributed by atoms with Crippen LogP contribution in [0, 0.1) is 0 Å². The molecule has 2 nitrogen and oxygen atoms in total. The lowest BCUT2D eigenvalue weighted by Crippen LogP contribution is -2.13. The topological polar surface area (TPSA) is 18.5 Å². The van der Waals surface area contributed by atoms with E-state index in [2.05, 4.69) is 38.1 Å². The van der Waals surface area contributed by atoms with Crippen molar-refractivity contribution in [3.05, 3.63) is 42.0 Å². The first-order chi connectivity index (χ1) is 9.17. The Bertz CT molecular complexity index is 548. The molecule has 2 unspecified atom stereocenters. The third kappa shape index (κ3) is 2.90. The third-order valence-corrected chi connectivity index (χ3v) is 3.68. The normalized spacial score (nSPS) is 14.3. The molecule has 19 heavy (non-hydrogen) atoms. The van der Waals surface area contributed by atoms with Crippen molar-refractivity contribution in [3.63, 3.8) is 0 Å². The molecule has 0 saturated carbocycles. The van der Waals surface area contributed by atoms with E-state index < -0.39 is 0 Å². The van der Waals surface area contributed by atoms with Crippen LogP contribution in [0.4, 0.5) is 0 Å². The molecule has 0 bridgehead atoms. The number of ether oxygens (including phenoxy) is 2. The van der Waals surface area contributed by atoms with Gasteiger partial charge in [0.1, 0.15) is 5.75 Å². The minimum atomic E-state index is -0.238. The number of methoxy groups -OCH3 is 1. The predicted molar refractivity (Wildman–Crippen MR) is 79.8 cm³/mol. The van der Waals surface area contributed by atoms with Crippen molar-refractivity contribution >= 4 is 10.8 Å². The first kappa shape index (κ1) is 13.9. The minimum absolute atomic E-state index is 0.238. The summed E-state index contributed by atoms with van der Waals surface area (Å²) >= 11 is 0. The highest BCUT2D eigenvalue weighted by Gasteiger charge is 2.11. The average Bonchev–Trinajstić information content (AvgIpc) is 2.46. The maximum atomic E-state index is 5.82. The molecule has 0 spiro atoms. The fourth-order valence-corrected chi connectivity index (χ4v) is 2.28. The van der Waals surface area contributed by atoms with Crippen LogP contribution in [0.3, 0.4) is 0 Å². The molecular weight excluding hydrogens is 236 g/mol. The summed E-state index contributed by atoms with van der Waals surface area (Å²) in [6.07, 6.45) is 0.899. The Morgan fingerprint density at radius 1 is 1.00 bits per heavy atom. The molecule has 0 aliphatic heterocycles. The van der Waals surface area contributed by atoms with Crippen LogP contribution in [0.2, 0.25) is 0 Å². The van der Waals surface area contributed by atoms with Gasteiger partial charge < -0.3 is 9.47 Å². The Kier molecular flexibility index (Phi) is 4.43. The van der Waals surface area contributed by atoms with Gasteiger partial charge in [-0.2, -0.15) is 0 Å². The minimum Gasteiger partial charge on any atom is -0.465 e. The highest BCUT2D eigenvalue weighted by atomic mass is 16.7. The van der Waals surface area contributed by atoms with Gasteiger partial charge in [0.05, 0.1) is 0 Å². The zero-order chi connectivity index (χ0) is 13.8. The maximum Gasteiger partial charge on any atom is 0.196 e. The first-order valence-corrected chi connectivity index (χ1v) is 6.88. The van der Waals surface area contributed by atoms with Crippen LogP contribution in [-0.2, 0) is 4.74 Å². The lowest BCUT2D eigenvalue weighted by molar-refractivity contribution is -0.0373. The molecule has 0 heterocycles. The Labute approximate surface area is 115 Å². The number of benzene rings is 2. The van der Waals surface area contributed by atoms with E-state index in [1.165, 1.54) is 10.9 Å². The summed E-state index contributed by atoms with van der Waals surface area (Å²) in [6, 6.07) is 12.6. The molecule has 0 saturated heterocycles. The van der Waals surface area contributed by atoms with E-state index in [4.69, 9.17) is 9.47 Å². The SMILES string of the molecule is CCC(C)c1cccc2c(OC(C)OC)cccc12. The summed E-state index contributed by atoms with van der Waals surface area (Å²) in [5.41, 5.74) is 1.38. The van der Waals surface area contributed by atoms with Gasteiger partial charge in [-0.3, -0.25) is 0 Å². The fraction of sp³-hybridized carbons (Fsp3) is 0.412. The van der Waals surface area contributed by atoms with Crippen LogP contribution in [-0.4, -0.2) is 13.4 Å². The smallest absolute Gasteiger partial charge is 0.196 e. The molecular formula is C17H22O2. The molecule has 2 aromatic rings. The Morgan fingerprint density at radius 3 is 2.37 bits per heavy atom. The van der Waals surface area contributed by atoms with Gasteiger partial charge in [-0.05, 0) is 36.3 Å². The molecule has 2 atom stereocenters. The molecule has 0 fully saturated rings. The van der Waals surface area contributed by atoms with Gasteiger partial charge in [0, 0.05) is 12.5 Å². The van der Waals surface area contributed by atoms with Gasteiger partial charge in [-0.15, -0.1) is 0 Å². The first-order valence-electron chi connectivity index (χ1n) is 6.88. The Hall–Kier alpha value is -1.54. The lowest BCUT2D eigenvalue weighted by Gasteiger charge is -2.17. The summed E-state index contributed by atoms with van der Waals surface area (Å²) in [4.78, 5) is 0. The van der Waals surface area contributed by atoms with E-state index in [0.29, 0.717) is 5.92 Å². The van der Waals surface area contributed by atoms with E-state index in [-0.39, 0.29) is 6.29 Å². The predicted octanol–water partition coefficient (Wildman–Crippen LogP) is 4.72. The van der Waals surface area contributed by atoms with Crippen LogP contribution in [0.25, 0.3) is 10.8 Å². The highest BCUT2D eigenvalue weighted by Crippen LogP contribution is 2.33. The summed E-state index contributed by atoms with van der Waals surface area (Å²) in [7, 11) is 1.65. The van der Waals surface area contributed by atoms with Crippen LogP contribution in [0.15, 0.2) is 36.4 Å². The average molecular weight is 258 g/mol. The quantitative estimate of drug-likeness (QED) is 0.722. The second kappa shape index (κ2) is 6.07. The van der Waals surface area contributed by atoms with Gasteiger partial charge >= 0.3 is 0 Å². The van der Waals surface area contributed by atoms with Gasteiger partial charge in [0.15, 0.2) is 6.29 Å². The molecule has 0 aromatic heterocycles. The maximum absolute atomic E-state index is 5.82. The van der Waals surface area contributed by atoms with Crippen molar-refractivity contribution in [1.29, 1.82) is 0 Å². The largest absolute Gasteiger partial charge is 0.465 e. The van der Waals surface area contributed by atoms with Crippen LogP contribution in [0.1, 0.15) is 38.7 Å². The van der Waals surface area contributed by atoms with E-state index in [0.717, 1.165) is 17.6 Å². The van der Waals surface area contributed by atoms with Crippen LogP contribution in [0.5, 0.6) is 5.75 Å². The van der Waals surface area contributed by atoms with Gasteiger partial charge in [0.25, 0.3) is 0 Å². The molecule has 0 radical (unpaired) electrons. The Morgan fingerprint density at radius 2 is 1.68 bits per heavy atom. The van der Waals surface area contributed by atoms with Crippen molar-refractivity contribution in [2.24, 2.45) is 0 Å². The second-order valence-electron chi connectivity index (χ2n) is 4.93. The number of hydrogen-bond acceptors (Lipinski definition) is 2. The summed E-state index contributed by atoms with van der Waals surface area (Å²) in [5.74, 6) is 1.44. The lowest BCUT2D eigenvalue weighted by atomic mass is 9.93. The van der Waals surface area contributed by atoms with E-state index in [9.17, 15) is 0 Å². The second-order valence-corrected chi connectivity index (χ2v) is 4.93. The molecule has 2 rings (SSSR count). The number of rotatable bonds is 5. The molecule has 0 aliphatic carbocycles. The van der Waals surface area contributed by atoms with Gasteiger partial charge in [-0.1, -0.05) is 44.2 Å². The molecule has 0 aliphatic rings. The molecule has 102 valence electrons. The summed E-state index contributed by atoms with van der Waals surface area (Å²) in [5, 5.41) is 2.43. The third-order valence-electron chi connectivity index (χ3n) is 3.68. The standard InChI is InChI=1S/C17H22O2/c1-5-12(2)14-8-6-10-16-15(14)9-7-11-17(16)19-13(3)18-4/h6-13H,5H2,1-4H3. The molecule has 2 aromatic carbocycles. The van der Waals surface area contributed by atoms with Crippen molar-refractivity contribution < 1.29 is 9.47 Å². The zero-order valence-corrected chi connectivity index (χ0v) is 12.1. The fourth-order valence-electron chi connectivity index (χ4n) is 2.28. The Balaban J connectivity index is 2.51. The van der Waals surface area contributed by atoms with Crippen molar-refractivity contribution in [3.8, 4) is 5.75 Å². The summed E-state index contributed by atoms with van der Waals surface area (Å²) < 4.78 is 11.0. The van der Waals surface area contributed by atoms with Gasteiger partial charge in [0.2, 0.25) is 0 Å². The monoisotopic (exact) mass is 258 g/mol. The van der Waals surface area contributed by atoms with E-state index in [1.54, 1.807) is 7.11 Å². The van der Waals surface area contributed by atoms with Crippen molar-refractivity contribution in [1.82, 2.24) is 0 Å². The molecule has 0 N–H and O–H groups in total. The van der Waals surface area contributed by atoms with Crippen LogP contribution < -0.4 is 4.74 Å². The van der Waals surface area contributed by atoms with E-state index >= 15 is 0 Å². The number of hydrogen-bond donors (Lipinski definition) is 0. The van der Waals surface area contributed by atoms with Gasteiger partial charge in [-0.25, -0.2) is 0 Å². The zero-order valence-electron chi connectivity index (χ0n) is 12.1. The molecule has 0 amide bonds. The molecule has 2 heteroatoms. The number of fused-ring (bicyclic) bond motifs is 1.